The number of hydrogen-bond acceptors (Lipinski definition) is 10. The van der Waals surface area contributed by atoms with Crippen LogP contribution in [0.4, 0.5) is 0 Å². The molecule has 4 aromatic rings. The van der Waals surface area contributed by atoms with Gasteiger partial charge in [-0.15, -0.1) is 0 Å². The maximum atomic E-state index is 14.9. The number of piperidine rings is 2. The quantitative estimate of drug-likeness (QED) is 0.0611. The van der Waals surface area contributed by atoms with E-state index in [9.17, 15) is 28.8 Å². The fourth-order valence-corrected chi connectivity index (χ4v) is 13.5. The number of fused-ring (bicyclic) bond motifs is 6. The number of rotatable bonds is 16. The number of carbonyl (C=O) groups is 6. The molecule has 6 fully saturated rings. The number of esters is 2. The van der Waals surface area contributed by atoms with Crippen LogP contribution in [0.15, 0.2) is 84.9 Å². The molecule has 4 amide bonds. The molecule has 6 aliphatic rings. The number of benzene rings is 4. The molecule has 4 saturated carbocycles. The van der Waals surface area contributed by atoms with Crippen LogP contribution in [0.1, 0.15) is 97.8 Å². The van der Waals surface area contributed by atoms with E-state index in [0.29, 0.717) is 49.9 Å². The maximum Gasteiger partial charge on any atom is 0.339 e. The summed E-state index contributed by atoms with van der Waals surface area (Å²) in [5.74, 6) is -7.45. The van der Waals surface area contributed by atoms with Crippen molar-refractivity contribution in [2.24, 2.45) is 47.3 Å². The number of nitrogens with zero attached hydrogens (tertiary/aromatic N) is 2. The van der Waals surface area contributed by atoms with Crippen molar-refractivity contribution in [3.8, 4) is 0 Å². The van der Waals surface area contributed by atoms with Crippen molar-refractivity contribution in [2.45, 2.75) is 89.3 Å². The van der Waals surface area contributed by atoms with Gasteiger partial charge in [-0.2, -0.15) is 0 Å². The summed E-state index contributed by atoms with van der Waals surface area (Å²) in [5, 5.41) is 12.4. The molecule has 3 N–H and O–H groups in total. The zero-order chi connectivity index (χ0) is 47.4. The molecule has 2 aliphatic heterocycles. The zero-order valence-electron chi connectivity index (χ0n) is 39.7. The summed E-state index contributed by atoms with van der Waals surface area (Å²) in [4.78, 5) is 91.0. The zero-order valence-corrected chi connectivity index (χ0v) is 39.7. The lowest BCUT2D eigenvalue weighted by atomic mass is 9.75. The molecule has 4 bridgehead atoms. The predicted octanol–water partition coefficient (Wildman–Crippen LogP) is 6.92. The first kappa shape index (κ1) is 47.0. The second kappa shape index (κ2) is 21.1. The molecule has 13 heteroatoms. The molecule has 10 rings (SSSR count). The Labute approximate surface area is 404 Å². The predicted molar refractivity (Wildman–Crippen MR) is 262 cm³/mol. The van der Waals surface area contributed by atoms with Gasteiger partial charge < -0.3 is 29.9 Å². The van der Waals surface area contributed by atoms with Crippen LogP contribution in [0.5, 0.6) is 0 Å². The highest BCUT2D eigenvalue weighted by molar-refractivity contribution is 6.06. The highest BCUT2D eigenvalue weighted by atomic mass is 16.5. The number of amides is 4. The van der Waals surface area contributed by atoms with Gasteiger partial charge in [-0.25, -0.2) is 9.59 Å². The third-order valence-electron chi connectivity index (χ3n) is 16.7. The van der Waals surface area contributed by atoms with E-state index in [1.165, 1.54) is 38.5 Å². The van der Waals surface area contributed by atoms with E-state index in [1.807, 2.05) is 72.8 Å². The lowest BCUT2D eigenvalue weighted by Gasteiger charge is -2.36. The number of carbonyl (C=O) groups excluding carboxylic acids is 6. The van der Waals surface area contributed by atoms with Crippen LogP contribution < -0.4 is 16.0 Å². The van der Waals surface area contributed by atoms with Crippen molar-refractivity contribution in [2.75, 3.05) is 52.4 Å². The summed E-state index contributed by atoms with van der Waals surface area (Å²) in [6.07, 6.45) is 9.36. The molecule has 13 nitrogen and oxygen atoms in total. The van der Waals surface area contributed by atoms with Crippen LogP contribution in [0, 0.1) is 47.3 Å². The van der Waals surface area contributed by atoms with E-state index in [0.717, 1.165) is 73.7 Å². The number of likely N-dealkylation sites (tertiary alicyclic amines) is 2. The van der Waals surface area contributed by atoms with Crippen LogP contribution in [-0.2, 0) is 28.7 Å². The van der Waals surface area contributed by atoms with Gasteiger partial charge in [0.15, 0.2) is 0 Å². The monoisotopic (exact) mass is 937 g/mol. The van der Waals surface area contributed by atoms with Gasteiger partial charge in [0.2, 0.25) is 23.6 Å². The summed E-state index contributed by atoms with van der Waals surface area (Å²) in [7, 11) is 0. The Morgan fingerprint density at radius 1 is 0.464 bits per heavy atom. The molecule has 2 saturated heterocycles. The van der Waals surface area contributed by atoms with Crippen LogP contribution in [-0.4, -0.2) is 110 Å². The molecule has 4 aliphatic carbocycles. The topological polar surface area (TPSA) is 163 Å². The molecule has 69 heavy (non-hydrogen) atoms. The standard InChI is InChI=1S/C56H67N5O8/c62-51(57-23-13-29-60-25-7-1-8-26-60)47-37-31-43(45(33-37)68-55(66)41-21-11-17-35-15-3-5-19-39(35)41)49(47)53(64)59-54(65)50-44-32-38(48(50)52(63)58-24-14-30-61-27-9-2-10-28-61)34-46(44)69-56(67)42-22-12-18-36-16-4-6-20-40(36)42/h3-6,11-12,15-22,37-38,43-50H,1-2,7-10,13-14,23-34H2,(H,57,62)(H,58,63)(H,59,64,65). The second-order valence-corrected chi connectivity index (χ2v) is 20.8. The van der Waals surface area contributed by atoms with Gasteiger partial charge in [-0.05, 0) is 149 Å². The minimum Gasteiger partial charge on any atom is -0.458 e. The highest BCUT2D eigenvalue weighted by Crippen LogP contribution is 2.56. The molecule has 0 radical (unpaired) electrons. The fraction of sp³-hybridized carbons (Fsp3) is 0.536. The summed E-state index contributed by atoms with van der Waals surface area (Å²) >= 11 is 0. The summed E-state index contributed by atoms with van der Waals surface area (Å²) < 4.78 is 12.5. The smallest absolute Gasteiger partial charge is 0.339 e. The van der Waals surface area contributed by atoms with Gasteiger partial charge in [0, 0.05) is 24.9 Å². The Bertz CT molecular complexity index is 2370. The second-order valence-electron chi connectivity index (χ2n) is 20.8. The minimum absolute atomic E-state index is 0.227. The molecular formula is C56H67N5O8. The summed E-state index contributed by atoms with van der Waals surface area (Å²) in [5.41, 5.74) is 0.857. The molecular weight excluding hydrogens is 871 g/mol. The number of nitrogens with one attached hydrogen (secondary N) is 3. The lowest BCUT2D eigenvalue weighted by molar-refractivity contribution is -0.147. The Hall–Kier alpha value is -5.66. The van der Waals surface area contributed by atoms with Crippen molar-refractivity contribution < 1.29 is 38.2 Å². The Balaban J connectivity index is 0.870. The third-order valence-corrected chi connectivity index (χ3v) is 16.7. The normalized spacial score (nSPS) is 28.6. The van der Waals surface area contributed by atoms with Crippen LogP contribution in [0.25, 0.3) is 21.5 Å². The van der Waals surface area contributed by atoms with E-state index in [-0.39, 0.29) is 23.7 Å². The average Bonchev–Trinajstić information content (AvgIpc) is 4.17. The molecule has 0 aromatic heterocycles. The van der Waals surface area contributed by atoms with Crippen molar-refractivity contribution >= 4 is 57.1 Å². The van der Waals surface area contributed by atoms with Gasteiger partial charge in [0.05, 0.1) is 34.8 Å². The van der Waals surface area contributed by atoms with Crippen molar-refractivity contribution in [3.63, 3.8) is 0 Å². The Morgan fingerprint density at radius 2 is 0.870 bits per heavy atom. The van der Waals surface area contributed by atoms with Crippen LogP contribution >= 0.6 is 0 Å². The average molecular weight is 938 g/mol. The van der Waals surface area contributed by atoms with Gasteiger partial charge in [0.25, 0.3) is 0 Å². The van der Waals surface area contributed by atoms with Crippen LogP contribution in [0.2, 0.25) is 0 Å². The van der Waals surface area contributed by atoms with Crippen molar-refractivity contribution in [1.82, 2.24) is 25.8 Å². The van der Waals surface area contributed by atoms with E-state index in [4.69, 9.17) is 9.47 Å². The molecule has 364 valence electrons. The molecule has 10 atom stereocenters. The van der Waals surface area contributed by atoms with Gasteiger partial charge in [0.1, 0.15) is 12.2 Å². The van der Waals surface area contributed by atoms with Gasteiger partial charge >= 0.3 is 11.9 Å². The van der Waals surface area contributed by atoms with E-state index in [2.05, 4.69) is 25.8 Å². The van der Waals surface area contributed by atoms with E-state index >= 15 is 0 Å². The highest BCUT2D eigenvalue weighted by Gasteiger charge is 2.62. The number of hydrogen-bond donors (Lipinski definition) is 3. The Morgan fingerprint density at radius 3 is 1.30 bits per heavy atom. The first-order valence-corrected chi connectivity index (χ1v) is 25.9. The lowest BCUT2D eigenvalue weighted by Crippen LogP contribution is -2.53. The van der Waals surface area contributed by atoms with Crippen molar-refractivity contribution in [3.05, 3.63) is 96.1 Å². The molecule has 2 heterocycles. The van der Waals surface area contributed by atoms with Crippen LogP contribution in [0.3, 0.4) is 0 Å². The number of ether oxygens (including phenoxy) is 2. The molecule has 10 unspecified atom stereocenters. The van der Waals surface area contributed by atoms with Crippen molar-refractivity contribution in [1.29, 1.82) is 0 Å². The fourth-order valence-electron chi connectivity index (χ4n) is 13.5. The SMILES string of the molecule is O=C(OC1CC2CC1C(C(=O)NC(=O)C1C3CC(CC3OC(=O)c3cccc4ccccc34)C1C(=O)NCCCN1CCCCC1)C2C(=O)NCCCN1CCCCC1)c1cccc2ccccc12. The first-order chi connectivity index (χ1) is 33.7. The third kappa shape index (κ3) is 10.0. The van der Waals surface area contributed by atoms with E-state index < -0.39 is 71.5 Å². The first-order valence-electron chi connectivity index (χ1n) is 25.9. The van der Waals surface area contributed by atoms with Gasteiger partial charge in [-0.1, -0.05) is 85.6 Å². The van der Waals surface area contributed by atoms with E-state index in [1.54, 1.807) is 12.1 Å². The largest absolute Gasteiger partial charge is 0.458 e. The summed E-state index contributed by atoms with van der Waals surface area (Å²) in [6.45, 7) is 6.95. The Kier molecular flexibility index (Phi) is 14.4. The van der Waals surface area contributed by atoms with Gasteiger partial charge in [-0.3, -0.25) is 24.5 Å². The molecule has 4 aromatic carbocycles. The summed E-state index contributed by atoms with van der Waals surface area (Å²) in [6, 6.07) is 26.2. The minimum atomic E-state index is -0.944. The maximum absolute atomic E-state index is 14.9. The number of imide groups is 1. The molecule has 0 spiro atoms.